The minimum absolute atomic E-state index is 0.435. The number of amidine groups is 2. The Bertz CT molecular complexity index is 444. The van der Waals surface area contributed by atoms with Gasteiger partial charge in [0, 0.05) is 28.2 Å². The van der Waals surface area contributed by atoms with Gasteiger partial charge in [0.15, 0.2) is 0 Å². The molecule has 0 rings (SSSR count). The molecule has 2 amide bonds. The average molecular weight is 318 g/mol. The monoisotopic (exact) mass is 318 g/mol. The molecule has 124 valence electrons. The lowest BCUT2D eigenvalue weighted by molar-refractivity contribution is -0.353. The molecule has 0 aromatic carbocycles. The maximum atomic E-state index is 11.5. The maximum Gasteiger partial charge on any atom is 0.382 e. The molecule has 13 heteroatoms. The third-order valence-electron chi connectivity index (χ3n) is 1.87. The van der Waals surface area contributed by atoms with Gasteiger partial charge in [-0.25, -0.2) is 14.8 Å². The standard InChI is InChI=1S/C9H18N8O5/c1-14(2)12-7(16(19)20)5-10-9(18)11-6-8(17(21)22)13-15(3)4/h5-6H2,1-4H3,(H2,10,11,18)/b12-7-,13-8-. The largest absolute Gasteiger partial charge is 0.382 e. The van der Waals surface area contributed by atoms with Gasteiger partial charge in [0.2, 0.25) is 0 Å². The van der Waals surface area contributed by atoms with Crippen molar-refractivity contribution in [2.75, 3.05) is 41.3 Å². The van der Waals surface area contributed by atoms with E-state index in [-0.39, 0.29) is 0 Å². The number of nitrogens with one attached hydrogen (secondary N) is 2. The Labute approximate surface area is 125 Å². The van der Waals surface area contributed by atoms with Gasteiger partial charge in [-0.1, -0.05) is 0 Å². The Hall–Kier alpha value is -2.99. The third kappa shape index (κ3) is 8.23. The molecule has 0 aliphatic carbocycles. The van der Waals surface area contributed by atoms with Crippen molar-refractivity contribution in [3.63, 3.8) is 0 Å². The van der Waals surface area contributed by atoms with Crippen LogP contribution in [0.1, 0.15) is 0 Å². The first kappa shape index (κ1) is 19.0. The molecule has 0 bridgehead atoms. The molecule has 0 atom stereocenters. The molecule has 0 aliphatic rings. The van der Waals surface area contributed by atoms with Gasteiger partial charge in [-0.05, 0) is 9.85 Å². The van der Waals surface area contributed by atoms with E-state index in [0.717, 1.165) is 0 Å². The SMILES string of the molecule is CN(C)/N=C(/CNC(=O)NC/C(=N/N(C)C)[N+](=O)[O-])[N+](=O)[O-]. The van der Waals surface area contributed by atoms with Crippen LogP contribution in [-0.4, -0.2) is 78.8 Å². The van der Waals surface area contributed by atoms with Gasteiger partial charge in [0.1, 0.15) is 13.1 Å². The van der Waals surface area contributed by atoms with E-state index >= 15 is 0 Å². The molecule has 0 heterocycles. The molecular weight excluding hydrogens is 300 g/mol. The van der Waals surface area contributed by atoms with Crippen molar-refractivity contribution in [1.29, 1.82) is 0 Å². The van der Waals surface area contributed by atoms with Gasteiger partial charge in [-0.15, -0.1) is 0 Å². The number of nitro groups is 2. The molecule has 0 aromatic heterocycles. The zero-order valence-corrected chi connectivity index (χ0v) is 12.6. The van der Waals surface area contributed by atoms with Gasteiger partial charge in [0.05, 0.1) is 10.2 Å². The van der Waals surface area contributed by atoms with E-state index in [2.05, 4.69) is 20.8 Å². The zero-order valence-electron chi connectivity index (χ0n) is 12.6. The summed E-state index contributed by atoms with van der Waals surface area (Å²) in [5.74, 6) is -0.951. The molecular formula is C9H18N8O5. The van der Waals surface area contributed by atoms with Crippen LogP contribution >= 0.6 is 0 Å². The van der Waals surface area contributed by atoms with Crippen LogP contribution in [0.2, 0.25) is 0 Å². The van der Waals surface area contributed by atoms with E-state index in [1.165, 1.54) is 38.2 Å². The van der Waals surface area contributed by atoms with E-state index in [4.69, 9.17) is 0 Å². The summed E-state index contributed by atoms with van der Waals surface area (Å²) < 4.78 is 0. The number of carbonyl (C=O) groups excluding carboxylic acids is 1. The highest BCUT2D eigenvalue weighted by Gasteiger charge is 2.18. The third-order valence-corrected chi connectivity index (χ3v) is 1.87. The first-order chi connectivity index (χ1) is 10.1. The summed E-state index contributed by atoms with van der Waals surface area (Å²) in [5.41, 5.74) is 0. The Morgan fingerprint density at radius 3 is 1.45 bits per heavy atom. The lowest BCUT2D eigenvalue weighted by Crippen LogP contribution is -2.43. The summed E-state index contributed by atoms with van der Waals surface area (Å²) in [6.07, 6.45) is 0. The molecule has 0 aliphatic heterocycles. The lowest BCUT2D eigenvalue weighted by Gasteiger charge is -2.06. The highest BCUT2D eigenvalue weighted by Crippen LogP contribution is 1.85. The van der Waals surface area contributed by atoms with Gasteiger partial charge in [-0.2, -0.15) is 0 Å². The second kappa shape index (κ2) is 9.04. The minimum atomic E-state index is -0.818. The number of amides is 2. The van der Waals surface area contributed by atoms with Crippen molar-refractivity contribution in [3.05, 3.63) is 20.2 Å². The average Bonchev–Trinajstić information content (AvgIpc) is 2.37. The molecule has 0 radical (unpaired) electrons. The van der Waals surface area contributed by atoms with E-state index in [0.29, 0.717) is 0 Å². The molecule has 0 saturated carbocycles. The van der Waals surface area contributed by atoms with Crippen molar-refractivity contribution in [3.8, 4) is 0 Å². The fraction of sp³-hybridized carbons (Fsp3) is 0.667. The molecule has 0 spiro atoms. The van der Waals surface area contributed by atoms with E-state index in [1.54, 1.807) is 0 Å². The minimum Gasteiger partial charge on any atom is -0.358 e. The number of nitrogens with zero attached hydrogens (tertiary/aromatic N) is 6. The summed E-state index contributed by atoms with van der Waals surface area (Å²) >= 11 is 0. The van der Waals surface area contributed by atoms with Crippen molar-refractivity contribution in [2.24, 2.45) is 10.2 Å². The lowest BCUT2D eigenvalue weighted by atomic mass is 10.5. The first-order valence-corrected chi connectivity index (χ1v) is 5.93. The van der Waals surface area contributed by atoms with Crippen LogP contribution in [0.15, 0.2) is 10.2 Å². The van der Waals surface area contributed by atoms with Gasteiger partial charge >= 0.3 is 17.7 Å². The second-order valence-electron chi connectivity index (χ2n) is 4.28. The van der Waals surface area contributed by atoms with Crippen molar-refractivity contribution in [1.82, 2.24) is 20.7 Å². The highest BCUT2D eigenvalue weighted by molar-refractivity contribution is 5.85. The normalized spacial score (nSPS) is 11.6. The summed E-state index contributed by atoms with van der Waals surface area (Å²) in [5, 5.41) is 35.3. The summed E-state index contributed by atoms with van der Waals surface area (Å²) in [6.45, 7) is -0.870. The van der Waals surface area contributed by atoms with Crippen molar-refractivity contribution in [2.45, 2.75) is 0 Å². The zero-order chi connectivity index (χ0) is 17.3. The van der Waals surface area contributed by atoms with E-state index in [9.17, 15) is 25.0 Å². The predicted octanol–water partition coefficient (Wildman–Crippen LogP) is -1.41. The number of carbonyl (C=O) groups is 1. The van der Waals surface area contributed by atoms with Crippen molar-refractivity contribution >= 4 is 17.7 Å². The Balaban J connectivity index is 4.51. The maximum absolute atomic E-state index is 11.5. The predicted molar refractivity (Wildman–Crippen MR) is 77.6 cm³/mol. The van der Waals surface area contributed by atoms with Gasteiger partial charge < -0.3 is 30.9 Å². The first-order valence-electron chi connectivity index (χ1n) is 5.93. The number of urea groups is 1. The van der Waals surface area contributed by atoms with Crippen LogP contribution in [0, 0.1) is 20.2 Å². The molecule has 2 N–H and O–H groups in total. The smallest absolute Gasteiger partial charge is 0.358 e. The van der Waals surface area contributed by atoms with Gasteiger partial charge in [0.25, 0.3) is 0 Å². The Morgan fingerprint density at radius 1 is 0.909 bits per heavy atom. The fourth-order valence-electron chi connectivity index (χ4n) is 1.12. The summed E-state index contributed by atoms with van der Waals surface area (Å²) in [4.78, 5) is 31.4. The summed E-state index contributed by atoms with van der Waals surface area (Å²) in [7, 11) is 5.96. The molecule has 0 fully saturated rings. The van der Waals surface area contributed by atoms with Gasteiger partial charge in [-0.3, -0.25) is 0 Å². The number of hydrogen-bond acceptors (Lipinski definition) is 9. The number of rotatable bonds is 6. The molecule has 0 aromatic rings. The fourth-order valence-corrected chi connectivity index (χ4v) is 1.12. The van der Waals surface area contributed by atoms with Crippen LogP contribution in [0.5, 0.6) is 0 Å². The van der Waals surface area contributed by atoms with E-state index < -0.39 is 40.6 Å². The second-order valence-corrected chi connectivity index (χ2v) is 4.28. The Morgan fingerprint density at radius 2 is 1.23 bits per heavy atom. The van der Waals surface area contributed by atoms with Crippen LogP contribution < -0.4 is 10.6 Å². The summed E-state index contributed by atoms with van der Waals surface area (Å²) in [6, 6.07) is -0.818. The number of hydrogen-bond donors (Lipinski definition) is 2. The van der Waals surface area contributed by atoms with Crippen LogP contribution in [0.25, 0.3) is 0 Å². The topological polar surface area (TPSA) is 159 Å². The van der Waals surface area contributed by atoms with Crippen LogP contribution in [0.4, 0.5) is 4.79 Å². The number of hydrazone groups is 2. The molecule has 13 nitrogen and oxygen atoms in total. The molecule has 0 saturated heterocycles. The van der Waals surface area contributed by atoms with E-state index in [1.807, 2.05) is 0 Å². The Kier molecular flexibility index (Phi) is 7.81. The van der Waals surface area contributed by atoms with Crippen LogP contribution in [-0.2, 0) is 0 Å². The highest BCUT2D eigenvalue weighted by atomic mass is 16.6. The van der Waals surface area contributed by atoms with Crippen molar-refractivity contribution < 1.29 is 14.6 Å². The quantitative estimate of drug-likeness (QED) is 0.263. The molecule has 0 unspecified atom stereocenters. The molecule has 22 heavy (non-hydrogen) atoms. The van der Waals surface area contributed by atoms with Crippen LogP contribution in [0.3, 0.4) is 0 Å².